The van der Waals surface area contributed by atoms with E-state index >= 15 is 0 Å². The van der Waals surface area contributed by atoms with Crippen molar-refractivity contribution in [1.82, 2.24) is 14.8 Å². The van der Waals surface area contributed by atoms with Gasteiger partial charge >= 0.3 is 0 Å². The second kappa shape index (κ2) is 10.5. The molecule has 0 saturated carbocycles. The van der Waals surface area contributed by atoms with Crippen molar-refractivity contribution in [2.75, 3.05) is 25.7 Å². The third kappa shape index (κ3) is 5.83. The van der Waals surface area contributed by atoms with Gasteiger partial charge in [-0.05, 0) is 35.2 Å². The molecule has 4 N–H and O–H groups in total. The maximum absolute atomic E-state index is 5.89. The van der Waals surface area contributed by atoms with Gasteiger partial charge in [-0.3, -0.25) is 4.68 Å². The summed E-state index contributed by atoms with van der Waals surface area (Å²) in [5, 5.41) is 4.13. The van der Waals surface area contributed by atoms with Gasteiger partial charge in [-0.2, -0.15) is 5.10 Å². The minimum atomic E-state index is 0.543. The summed E-state index contributed by atoms with van der Waals surface area (Å²) in [7, 11) is 5.06. The van der Waals surface area contributed by atoms with E-state index in [4.69, 9.17) is 20.9 Å². The van der Waals surface area contributed by atoms with Crippen LogP contribution in [0.25, 0.3) is 22.3 Å². The molecular formula is C26H31N5O2. The minimum absolute atomic E-state index is 0.543. The molecule has 0 spiro atoms. The number of nitrogen functional groups attached to an aromatic ring is 2. The Bertz CT molecular complexity index is 1200. The molecule has 0 amide bonds. The lowest BCUT2D eigenvalue weighted by molar-refractivity contribution is 0.397. The van der Waals surface area contributed by atoms with Gasteiger partial charge in [-0.1, -0.05) is 38.1 Å². The van der Waals surface area contributed by atoms with Crippen LogP contribution in [0.3, 0.4) is 0 Å². The number of hydrogen-bond donors (Lipinski definition) is 2. The van der Waals surface area contributed by atoms with Crippen molar-refractivity contribution in [2.24, 2.45) is 7.05 Å². The summed E-state index contributed by atoms with van der Waals surface area (Å²) in [6, 6.07) is 16.0. The first kappa shape index (κ1) is 23.7. The van der Waals surface area contributed by atoms with Gasteiger partial charge in [0.05, 0.1) is 26.1 Å². The number of benzene rings is 2. The number of aryl methyl sites for hydroxylation is 1. The lowest BCUT2D eigenvalue weighted by Gasteiger charge is -2.11. The van der Waals surface area contributed by atoms with E-state index in [-0.39, 0.29) is 0 Å². The number of rotatable bonds is 5. The zero-order valence-corrected chi connectivity index (χ0v) is 19.7. The van der Waals surface area contributed by atoms with Crippen LogP contribution in [0.5, 0.6) is 11.5 Å². The molecule has 0 fully saturated rings. The van der Waals surface area contributed by atoms with E-state index < -0.39 is 0 Å². The van der Waals surface area contributed by atoms with Crippen LogP contribution < -0.4 is 20.9 Å². The average molecular weight is 446 g/mol. The average Bonchev–Trinajstić information content (AvgIpc) is 3.26. The molecule has 0 unspecified atom stereocenters. The zero-order valence-electron chi connectivity index (χ0n) is 19.7. The van der Waals surface area contributed by atoms with Crippen LogP contribution in [-0.4, -0.2) is 29.0 Å². The van der Waals surface area contributed by atoms with Crippen LogP contribution in [0.2, 0.25) is 0 Å². The van der Waals surface area contributed by atoms with Crippen molar-refractivity contribution < 1.29 is 9.47 Å². The Morgan fingerprint density at radius 3 is 2.18 bits per heavy atom. The number of pyridine rings is 1. The highest BCUT2D eigenvalue weighted by molar-refractivity contribution is 5.76. The van der Waals surface area contributed by atoms with Gasteiger partial charge in [0.15, 0.2) is 0 Å². The SMILES string of the molecule is CC(C)c1cccc(-c2ccc(N)nc2)c1.COc1cc(OC)c(-c2cnn(C)c2)cc1N. The summed E-state index contributed by atoms with van der Waals surface area (Å²) in [4.78, 5) is 4.11. The Balaban J connectivity index is 0.000000186. The van der Waals surface area contributed by atoms with E-state index in [1.807, 2.05) is 37.6 Å². The van der Waals surface area contributed by atoms with Gasteiger partial charge in [0, 0.05) is 42.2 Å². The summed E-state index contributed by atoms with van der Waals surface area (Å²) < 4.78 is 12.2. The molecule has 0 aliphatic rings. The predicted molar refractivity (Wildman–Crippen MR) is 134 cm³/mol. The number of nitrogens with zero attached hydrogens (tertiary/aromatic N) is 3. The van der Waals surface area contributed by atoms with Crippen LogP contribution >= 0.6 is 0 Å². The molecule has 7 heteroatoms. The van der Waals surface area contributed by atoms with Crippen LogP contribution in [0, 0.1) is 0 Å². The predicted octanol–water partition coefficient (Wildman–Crippen LogP) is 5.14. The van der Waals surface area contributed by atoms with E-state index in [2.05, 4.69) is 48.2 Å². The molecule has 2 aromatic heterocycles. The summed E-state index contributed by atoms with van der Waals surface area (Å²) in [6.45, 7) is 4.39. The third-order valence-electron chi connectivity index (χ3n) is 5.24. The second-order valence-corrected chi connectivity index (χ2v) is 7.95. The van der Waals surface area contributed by atoms with Crippen molar-refractivity contribution in [3.63, 3.8) is 0 Å². The quantitative estimate of drug-likeness (QED) is 0.413. The molecule has 2 heterocycles. The Labute approximate surface area is 195 Å². The van der Waals surface area contributed by atoms with Crippen molar-refractivity contribution >= 4 is 11.5 Å². The zero-order chi connectivity index (χ0) is 24.0. The molecule has 0 aliphatic heterocycles. The number of nitrogens with two attached hydrogens (primary N) is 2. The first-order chi connectivity index (χ1) is 15.8. The normalized spacial score (nSPS) is 10.5. The van der Waals surface area contributed by atoms with E-state index in [9.17, 15) is 0 Å². The maximum Gasteiger partial charge on any atom is 0.145 e. The molecule has 33 heavy (non-hydrogen) atoms. The lowest BCUT2D eigenvalue weighted by atomic mass is 9.98. The molecule has 0 saturated heterocycles. The van der Waals surface area contributed by atoms with Crippen molar-refractivity contribution in [2.45, 2.75) is 19.8 Å². The van der Waals surface area contributed by atoms with Gasteiger partial charge in [0.1, 0.15) is 17.3 Å². The molecule has 172 valence electrons. The van der Waals surface area contributed by atoms with Crippen LogP contribution in [-0.2, 0) is 7.05 Å². The summed E-state index contributed by atoms with van der Waals surface area (Å²) in [6.07, 6.45) is 5.49. The molecule has 4 aromatic rings. The van der Waals surface area contributed by atoms with Gasteiger partial charge < -0.3 is 20.9 Å². The maximum atomic E-state index is 5.89. The largest absolute Gasteiger partial charge is 0.496 e. The number of anilines is 2. The van der Waals surface area contributed by atoms with Gasteiger partial charge in [0.25, 0.3) is 0 Å². The molecule has 4 rings (SSSR count). The number of ether oxygens (including phenoxy) is 2. The van der Waals surface area contributed by atoms with Crippen molar-refractivity contribution in [3.8, 4) is 33.8 Å². The summed E-state index contributed by atoms with van der Waals surface area (Å²) in [5.41, 5.74) is 17.5. The smallest absolute Gasteiger partial charge is 0.145 e. The Morgan fingerprint density at radius 2 is 1.61 bits per heavy atom. The highest BCUT2D eigenvalue weighted by Gasteiger charge is 2.12. The fourth-order valence-electron chi connectivity index (χ4n) is 3.36. The monoisotopic (exact) mass is 445 g/mol. The van der Waals surface area contributed by atoms with Crippen LogP contribution in [0.1, 0.15) is 25.3 Å². The van der Waals surface area contributed by atoms with E-state index in [1.54, 1.807) is 31.2 Å². The summed E-state index contributed by atoms with van der Waals surface area (Å²) in [5.74, 6) is 2.42. The first-order valence-corrected chi connectivity index (χ1v) is 10.6. The highest BCUT2D eigenvalue weighted by Crippen LogP contribution is 2.37. The standard InChI is InChI=1S/C14H16N2.C12H15N3O2/c1-10(2)11-4-3-5-12(8-11)13-6-7-14(15)16-9-13;1-15-7-8(6-14-15)9-4-10(13)12(17-3)5-11(9)16-2/h3-10H,1-2H3,(H2,15,16);4-7H,13H2,1-3H3. The molecule has 0 radical (unpaired) electrons. The second-order valence-electron chi connectivity index (χ2n) is 7.95. The molecule has 0 aliphatic carbocycles. The third-order valence-corrected chi connectivity index (χ3v) is 5.24. The molecule has 0 atom stereocenters. The van der Waals surface area contributed by atoms with Gasteiger partial charge in [-0.15, -0.1) is 0 Å². The number of aromatic nitrogens is 3. The van der Waals surface area contributed by atoms with E-state index in [0.29, 0.717) is 28.9 Å². The lowest BCUT2D eigenvalue weighted by Crippen LogP contribution is -1.95. The van der Waals surface area contributed by atoms with Crippen molar-refractivity contribution in [3.05, 3.63) is 72.7 Å². The van der Waals surface area contributed by atoms with Crippen LogP contribution in [0.15, 0.2) is 67.1 Å². The molecule has 7 nitrogen and oxygen atoms in total. The fourth-order valence-corrected chi connectivity index (χ4v) is 3.36. The Morgan fingerprint density at radius 1 is 0.848 bits per heavy atom. The summed E-state index contributed by atoms with van der Waals surface area (Å²) >= 11 is 0. The minimum Gasteiger partial charge on any atom is -0.496 e. The van der Waals surface area contributed by atoms with Gasteiger partial charge in [-0.25, -0.2) is 4.98 Å². The molecule has 0 bridgehead atoms. The molecular weight excluding hydrogens is 414 g/mol. The van der Waals surface area contributed by atoms with Crippen LogP contribution in [0.4, 0.5) is 11.5 Å². The fraction of sp³-hybridized carbons (Fsp3) is 0.231. The highest BCUT2D eigenvalue weighted by atomic mass is 16.5. The topological polar surface area (TPSA) is 101 Å². The Hall–Kier alpha value is -4.00. The van der Waals surface area contributed by atoms with E-state index in [0.717, 1.165) is 16.7 Å². The number of methoxy groups -OCH3 is 2. The van der Waals surface area contributed by atoms with E-state index in [1.165, 1.54) is 11.1 Å². The van der Waals surface area contributed by atoms with Crippen molar-refractivity contribution in [1.29, 1.82) is 0 Å². The Kier molecular flexibility index (Phi) is 7.56. The molecule has 2 aromatic carbocycles. The van der Waals surface area contributed by atoms with Gasteiger partial charge in [0.2, 0.25) is 0 Å². The first-order valence-electron chi connectivity index (χ1n) is 10.6. The number of hydrogen-bond acceptors (Lipinski definition) is 6.